The molecule has 93 valence electrons. The number of rotatable bonds is 8. The molecule has 0 saturated carbocycles. The summed E-state index contributed by atoms with van der Waals surface area (Å²) >= 11 is 0. The largest absolute Gasteiger partial charge is 0.0654 e. The molecule has 0 aliphatic carbocycles. The third kappa shape index (κ3) is 7.95. The van der Waals surface area contributed by atoms with E-state index in [0.717, 1.165) is 0 Å². The maximum atomic E-state index is 2.27. The molecule has 0 aliphatic heterocycles. The molecular weight excluding hydrogens is 239 g/mol. The van der Waals surface area contributed by atoms with Crippen molar-refractivity contribution in [1.29, 1.82) is 0 Å². The molecule has 16 heavy (non-hydrogen) atoms. The van der Waals surface area contributed by atoms with Crippen LogP contribution in [-0.2, 0) is 23.2 Å². The van der Waals surface area contributed by atoms with Crippen molar-refractivity contribution < 1.29 is 16.8 Å². The molecule has 0 heterocycles. The first-order valence-corrected chi connectivity index (χ1v) is 6.47. The van der Waals surface area contributed by atoms with Crippen molar-refractivity contribution in [2.75, 3.05) is 0 Å². The summed E-state index contributed by atoms with van der Waals surface area (Å²) in [7, 11) is 0. The van der Waals surface area contributed by atoms with Gasteiger partial charge in [-0.05, 0) is 18.4 Å². The SMILES string of the molecule is CCCCCCCCCc1ccccc1.[Co]. The molecule has 0 aromatic heterocycles. The molecule has 0 atom stereocenters. The Morgan fingerprint density at radius 1 is 0.750 bits per heavy atom. The fraction of sp³-hybridized carbons (Fsp3) is 0.600. The average Bonchev–Trinajstić information content (AvgIpc) is 2.29. The van der Waals surface area contributed by atoms with Crippen LogP contribution in [0.1, 0.15) is 57.4 Å². The van der Waals surface area contributed by atoms with Crippen molar-refractivity contribution in [3.63, 3.8) is 0 Å². The smallest absolute Gasteiger partial charge is 0 e. The summed E-state index contributed by atoms with van der Waals surface area (Å²) in [6.07, 6.45) is 11.1. The van der Waals surface area contributed by atoms with Gasteiger partial charge >= 0.3 is 0 Å². The van der Waals surface area contributed by atoms with Gasteiger partial charge in [0, 0.05) is 16.8 Å². The van der Waals surface area contributed by atoms with Gasteiger partial charge in [-0.25, -0.2) is 0 Å². The zero-order valence-corrected chi connectivity index (χ0v) is 11.4. The quantitative estimate of drug-likeness (QED) is 0.580. The normalized spacial score (nSPS) is 9.81. The van der Waals surface area contributed by atoms with Gasteiger partial charge in [-0.15, -0.1) is 0 Å². The van der Waals surface area contributed by atoms with Gasteiger partial charge in [0.15, 0.2) is 0 Å². The maximum Gasteiger partial charge on any atom is 0 e. The van der Waals surface area contributed by atoms with Gasteiger partial charge in [-0.1, -0.05) is 75.8 Å². The summed E-state index contributed by atoms with van der Waals surface area (Å²) in [5.41, 5.74) is 1.49. The van der Waals surface area contributed by atoms with Crippen molar-refractivity contribution in [2.45, 2.75) is 58.3 Å². The summed E-state index contributed by atoms with van der Waals surface area (Å²) < 4.78 is 0. The third-order valence-electron chi connectivity index (χ3n) is 2.91. The van der Waals surface area contributed by atoms with E-state index in [2.05, 4.69) is 37.3 Å². The Balaban J connectivity index is 0.00000225. The number of hydrogen-bond donors (Lipinski definition) is 0. The zero-order valence-electron chi connectivity index (χ0n) is 10.4. The summed E-state index contributed by atoms with van der Waals surface area (Å²) in [6.45, 7) is 2.27. The van der Waals surface area contributed by atoms with Crippen molar-refractivity contribution >= 4 is 0 Å². The van der Waals surface area contributed by atoms with E-state index in [1.807, 2.05) is 0 Å². The van der Waals surface area contributed by atoms with Gasteiger partial charge in [-0.3, -0.25) is 0 Å². The van der Waals surface area contributed by atoms with Crippen molar-refractivity contribution in [2.24, 2.45) is 0 Å². The van der Waals surface area contributed by atoms with Crippen LogP contribution in [0.3, 0.4) is 0 Å². The van der Waals surface area contributed by atoms with Crippen LogP contribution in [0.25, 0.3) is 0 Å². The van der Waals surface area contributed by atoms with Gasteiger partial charge in [0.25, 0.3) is 0 Å². The second-order valence-electron chi connectivity index (χ2n) is 4.36. The van der Waals surface area contributed by atoms with Crippen LogP contribution < -0.4 is 0 Å². The van der Waals surface area contributed by atoms with Crippen LogP contribution in [0.5, 0.6) is 0 Å². The molecule has 0 unspecified atom stereocenters. The molecule has 0 bridgehead atoms. The number of hydrogen-bond acceptors (Lipinski definition) is 0. The summed E-state index contributed by atoms with van der Waals surface area (Å²) in [4.78, 5) is 0. The predicted octanol–water partition coefficient (Wildman–Crippen LogP) is 4.98. The number of aryl methyl sites for hydroxylation is 1. The van der Waals surface area contributed by atoms with Gasteiger partial charge in [0.05, 0.1) is 0 Å². The molecule has 0 N–H and O–H groups in total. The molecule has 1 aromatic carbocycles. The van der Waals surface area contributed by atoms with E-state index in [1.54, 1.807) is 0 Å². The summed E-state index contributed by atoms with van der Waals surface area (Å²) in [6, 6.07) is 10.8. The third-order valence-corrected chi connectivity index (χ3v) is 2.91. The van der Waals surface area contributed by atoms with Crippen molar-refractivity contribution in [3.05, 3.63) is 35.9 Å². The molecule has 1 heteroatoms. The Morgan fingerprint density at radius 2 is 1.31 bits per heavy atom. The molecule has 0 saturated heterocycles. The Hall–Kier alpha value is -0.274. The predicted molar refractivity (Wildman–Crippen MR) is 68.1 cm³/mol. The topological polar surface area (TPSA) is 0 Å². The fourth-order valence-electron chi connectivity index (χ4n) is 1.93. The van der Waals surface area contributed by atoms with Gasteiger partial charge in [0.2, 0.25) is 0 Å². The van der Waals surface area contributed by atoms with Gasteiger partial charge in [-0.2, -0.15) is 0 Å². The first-order valence-electron chi connectivity index (χ1n) is 6.47. The second-order valence-corrected chi connectivity index (χ2v) is 4.36. The van der Waals surface area contributed by atoms with Crippen molar-refractivity contribution in [1.82, 2.24) is 0 Å². The van der Waals surface area contributed by atoms with Crippen LogP contribution in [0.2, 0.25) is 0 Å². The summed E-state index contributed by atoms with van der Waals surface area (Å²) in [5, 5.41) is 0. The van der Waals surface area contributed by atoms with Crippen LogP contribution in [-0.4, -0.2) is 0 Å². The first-order chi connectivity index (χ1) is 7.43. The minimum atomic E-state index is 0. The Bertz CT molecular complexity index is 230. The van der Waals surface area contributed by atoms with Gasteiger partial charge < -0.3 is 0 Å². The summed E-state index contributed by atoms with van der Waals surface area (Å²) in [5.74, 6) is 0. The van der Waals surface area contributed by atoms with Crippen molar-refractivity contribution in [3.8, 4) is 0 Å². The molecule has 0 amide bonds. The van der Waals surface area contributed by atoms with Crippen LogP contribution in [0.4, 0.5) is 0 Å². The molecule has 0 fully saturated rings. The van der Waals surface area contributed by atoms with Crippen LogP contribution in [0.15, 0.2) is 30.3 Å². The minimum absolute atomic E-state index is 0. The van der Waals surface area contributed by atoms with E-state index < -0.39 is 0 Å². The number of unbranched alkanes of at least 4 members (excludes halogenated alkanes) is 6. The van der Waals surface area contributed by atoms with E-state index >= 15 is 0 Å². The minimum Gasteiger partial charge on any atom is -0.0654 e. The van der Waals surface area contributed by atoms with E-state index in [4.69, 9.17) is 0 Å². The zero-order chi connectivity index (χ0) is 10.8. The second kappa shape index (κ2) is 11.2. The van der Waals surface area contributed by atoms with E-state index in [9.17, 15) is 0 Å². The van der Waals surface area contributed by atoms with Crippen LogP contribution in [0, 0.1) is 0 Å². The van der Waals surface area contributed by atoms with Crippen LogP contribution >= 0.6 is 0 Å². The molecule has 0 aliphatic rings. The number of benzene rings is 1. The molecular formula is C15H24Co. The molecule has 0 nitrogen and oxygen atoms in total. The standard InChI is InChI=1S/C15H24.Co/c1-2-3-4-5-6-7-9-12-15-13-10-8-11-14-15;/h8,10-11,13-14H,2-7,9,12H2,1H3;. The Morgan fingerprint density at radius 3 is 1.94 bits per heavy atom. The first kappa shape index (κ1) is 15.7. The monoisotopic (exact) mass is 263 g/mol. The Labute approximate surface area is 111 Å². The fourth-order valence-corrected chi connectivity index (χ4v) is 1.93. The molecule has 1 rings (SSSR count). The Kier molecular flexibility index (Phi) is 11.0. The average molecular weight is 263 g/mol. The van der Waals surface area contributed by atoms with E-state index in [0.29, 0.717) is 0 Å². The van der Waals surface area contributed by atoms with E-state index in [-0.39, 0.29) is 16.8 Å². The molecule has 1 aromatic rings. The maximum absolute atomic E-state index is 2.27. The van der Waals surface area contributed by atoms with Gasteiger partial charge in [0.1, 0.15) is 0 Å². The molecule has 1 radical (unpaired) electrons. The van der Waals surface area contributed by atoms with E-state index in [1.165, 1.54) is 56.9 Å². The molecule has 0 spiro atoms.